The number of hydrogen-bond donors (Lipinski definition) is 1. The van der Waals surface area contributed by atoms with E-state index < -0.39 is 6.61 Å². The number of hydrogen-bond acceptors (Lipinski definition) is 5. The standard InChI is InChI=1S/C19H28N4O3/c1-12-9-16-18(14(12)3)19(20-23(16)10-13(2)25)15(4)21-5-7-22(8-6-21)17(26)11-24/h12,14,24H,4-11H2,1-3H3/t12-,14?/m1/s1. The van der Waals surface area contributed by atoms with Crippen LogP contribution in [-0.2, 0) is 22.6 Å². The van der Waals surface area contributed by atoms with E-state index in [2.05, 4.69) is 25.3 Å². The molecule has 0 saturated carbocycles. The fraction of sp³-hybridized carbons (Fsp3) is 0.632. The topological polar surface area (TPSA) is 78.7 Å². The lowest BCUT2D eigenvalue weighted by atomic mass is 9.95. The Morgan fingerprint density at radius 1 is 1.19 bits per heavy atom. The molecular formula is C19H28N4O3. The lowest BCUT2D eigenvalue weighted by molar-refractivity contribution is -0.135. The molecule has 0 spiro atoms. The van der Waals surface area contributed by atoms with Gasteiger partial charge in [-0.25, -0.2) is 0 Å². The van der Waals surface area contributed by atoms with Crippen molar-refractivity contribution < 1.29 is 14.7 Å². The molecule has 7 heteroatoms. The molecule has 1 unspecified atom stereocenters. The SMILES string of the molecule is C=C(c1nn(CC(C)=O)c2c1C(C)[C@H](C)C2)N1CCN(C(=O)CO)CC1. The van der Waals surface area contributed by atoms with Gasteiger partial charge >= 0.3 is 0 Å². The lowest BCUT2D eigenvalue weighted by Crippen LogP contribution is -2.48. The summed E-state index contributed by atoms with van der Waals surface area (Å²) in [7, 11) is 0. The van der Waals surface area contributed by atoms with Gasteiger partial charge in [0.2, 0.25) is 5.91 Å². The maximum atomic E-state index is 11.6. The molecule has 1 fully saturated rings. The van der Waals surface area contributed by atoms with E-state index in [1.807, 2.05) is 4.68 Å². The quantitative estimate of drug-likeness (QED) is 0.843. The summed E-state index contributed by atoms with van der Waals surface area (Å²) in [6.07, 6.45) is 0.933. The second-order valence-corrected chi connectivity index (χ2v) is 7.51. The van der Waals surface area contributed by atoms with E-state index in [1.54, 1.807) is 11.8 Å². The van der Waals surface area contributed by atoms with E-state index in [9.17, 15) is 9.59 Å². The van der Waals surface area contributed by atoms with Crippen LogP contribution in [0.1, 0.15) is 43.6 Å². The van der Waals surface area contributed by atoms with E-state index in [4.69, 9.17) is 10.2 Å². The number of rotatable bonds is 5. The summed E-state index contributed by atoms with van der Waals surface area (Å²) in [5.41, 5.74) is 4.13. The second-order valence-electron chi connectivity index (χ2n) is 7.51. The molecule has 1 aromatic rings. The van der Waals surface area contributed by atoms with Gasteiger partial charge in [0.15, 0.2) is 5.78 Å². The van der Waals surface area contributed by atoms with E-state index >= 15 is 0 Å². The third kappa shape index (κ3) is 3.28. The Balaban J connectivity index is 1.82. The Morgan fingerprint density at radius 2 is 1.81 bits per heavy atom. The van der Waals surface area contributed by atoms with Crippen molar-refractivity contribution in [2.45, 2.75) is 39.7 Å². The molecule has 0 bridgehead atoms. The van der Waals surface area contributed by atoms with Gasteiger partial charge in [-0.1, -0.05) is 20.4 Å². The molecule has 2 atom stereocenters. The Hall–Kier alpha value is -2.15. The van der Waals surface area contributed by atoms with Gasteiger partial charge in [-0.15, -0.1) is 0 Å². The highest BCUT2D eigenvalue weighted by Gasteiger charge is 2.35. The van der Waals surface area contributed by atoms with Gasteiger partial charge in [-0.2, -0.15) is 5.10 Å². The number of aliphatic hydroxyl groups is 1. The van der Waals surface area contributed by atoms with Crippen molar-refractivity contribution in [3.8, 4) is 0 Å². The molecule has 1 amide bonds. The van der Waals surface area contributed by atoms with Crippen LogP contribution in [0.3, 0.4) is 0 Å². The summed E-state index contributed by atoms with van der Waals surface area (Å²) < 4.78 is 1.85. The van der Waals surface area contributed by atoms with Crippen LogP contribution in [0.25, 0.3) is 5.70 Å². The van der Waals surface area contributed by atoms with Crippen LogP contribution in [0, 0.1) is 5.92 Å². The molecular weight excluding hydrogens is 332 g/mol. The number of carbonyl (C=O) groups excluding carboxylic acids is 2. The zero-order valence-electron chi connectivity index (χ0n) is 15.9. The molecule has 1 saturated heterocycles. The van der Waals surface area contributed by atoms with Crippen molar-refractivity contribution in [2.75, 3.05) is 32.8 Å². The molecule has 142 valence electrons. The largest absolute Gasteiger partial charge is 0.387 e. The van der Waals surface area contributed by atoms with Crippen molar-refractivity contribution in [2.24, 2.45) is 5.92 Å². The minimum absolute atomic E-state index is 0.0933. The van der Waals surface area contributed by atoms with E-state index in [1.165, 1.54) is 5.56 Å². The van der Waals surface area contributed by atoms with Crippen molar-refractivity contribution in [3.05, 3.63) is 23.5 Å². The smallest absolute Gasteiger partial charge is 0.248 e. The average Bonchev–Trinajstić information content (AvgIpc) is 3.11. The molecule has 1 aliphatic heterocycles. The maximum Gasteiger partial charge on any atom is 0.248 e. The zero-order chi connectivity index (χ0) is 19.0. The summed E-state index contributed by atoms with van der Waals surface area (Å²) >= 11 is 0. The first-order valence-corrected chi connectivity index (χ1v) is 9.25. The van der Waals surface area contributed by atoms with E-state index in [0.717, 1.165) is 23.5 Å². The minimum Gasteiger partial charge on any atom is -0.387 e. The number of amides is 1. The molecule has 1 aromatic heterocycles. The number of Topliss-reactive ketones (excluding diaryl/α,β-unsaturated/α-hetero) is 1. The molecule has 1 N–H and O–H groups in total. The number of aromatic nitrogens is 2. The average molecular weight is 360 g/mol. The van der Waals surface area contributed by atoms with E-state index in [-0.39, 0.29) is 11.7 Å². The molecule has 2 heterocycles. The van der Waals surface area contributed by atoms with Crippen molar-refractivity contribution in [1.29, 1.82) is 0 Å². The number of aliphatic hydroxyl groups excluding tert-OH is 1. The zero-order valence-corrected chi connectivity index (χ0v) is 15.9. The van der Waals surface area contributed by atoms with Gasteiger partial charge in [0.05, 0.1) is 12.2 Å². The van der Waals surface area contributed by atoms with Gasteiger partial charge in [-0.3, -0.25) is 14.3 Å². The first-order valence-electron chi connectivity index (χ1n) is 9.25. The Labute approximate surface area is 154 Å². The summed E-state index contributed by atoms with van der Waals surface area (Å²) in [5, 5.41) is 13.7. The second kappa shape index (κ2) is 7.23. The van der Waals surface area contributed by atoms with Crippen molar-refractivity contribution in [3.63, 3.8) is 0 Å². The Bertz CT molecular complexity index is 731. The molecule has 3 rings (SSSR count). The highest BCUT2D eigenvalue weighted by Crippen LogP contribution is 2.41. The summed E-state index contributed by atoms with van der Waals surface area (Å²) in [6.45, 7) is 12.6. The monoisotopic (exact) mass is 360 g/mol. The normalized spacial score (nSPS) is 22.5. The number of piperazine rings is 1. The van der Waals surface area contributed by atoms with Gasteiger partial charge in [-0.05, 0) is 25.2 Å². The summed E-state index contributed by atoms with van der Waals surface area (Å²) in [6, 6.07) is 0. The summed E-state index contributed by atoms with van der Waals surface area (Å²) in [5.74, 6) is 0.765. The molecule has 7 nitrogen and oxygen atoms in total. The van der Waals surface area contributed by atoms with Crippen LogP contribution < -0.4 is 0 Å². The van der Waals surface area contributed by atoms with Crippen molar-refractivity contribution in [1.82, 2.24) is 19.6 Å². The molecule has 2 aliphatic rings. The van der Waals surface area contributed by atoms with Crippen LogP contribution in [0.15, 0.2) is 6.58 Å². The van der Waals surface area contributed by atoms with Gasteiger partial charge in [0, 0.05) is 37.4 Å². The van der Waals surface area contributed by atoms with Crippen LogP contribution >= 0.6 is 0 Å². The van der Waals surface area contributed by atoms with Gasteiger partial charge in [0.25, 0.3) is 0 Å². The first kappa shape index (κ1) is 18.6. The number of ketones is 1. The summed E-state index contributed by atoms with van der Waals surface area (Å²) in [4.78, 5) is 27.1. The lowest BCUT2D eigenvalue weighted by Gasteiger charge is -2.36. The Morgan fingerprint density at radius 3 is 2.38 bits per heavy atom. The predicted octanol–water partition coefficient (Wildman–Crippen LogP) is 0.875. The fourth-order valence-electron chi connectivity index (χ4n) is 4.00. The highest BCUT2D eigenvalue weighted by atomic mass is 16.3. The van der Waals surface area contributed by atoms with Crippen LogP contribution in [0.4, 0.5) is 0 Å². The first-order chi connectivity index (χ1) is 12.3. The van der Waals surface area contributed by atoms with Gasteiger partial charge in [0.1, 0.15) is 12.3 Å². The third-order valence-electron chi connectivity index (χ3n) is 5.72. The molecule has 0 radical (unpaired) electrons. The van der Waals surface area contributed by atoms with Crippen LogP contribution in [0.5, 0.6) is 0 Å². The highest BCUT2D eigenvalue weighted by molar-refractivity contribution is 5.77. The van der Waals surface area contributed by atoms with Gasteiger partial charge < -0.3 is 14.9 Å². The molecule has 26 heavy (non-hydrogen) atoms. The Kier molecular flexibility index (Phi) is 5.18. The molecule has 1 aliphatic carbocycles. The maximum absolute atomic E-state index is 11.6. The fourth-order valence-corrected chi connectivity index (χ4v) is 4.00. The van der Waals surface area contributed by atoms with Crippen molar-refractivity contribution >= 4 is 17.4 Å². The van der Waals surface area contributed by atoms with Crippen LogP contribution in [0.2, 0.25) is 0 Å². The van der Waals surface area contributed by atoms with E-state index in [0.29, 0.717) is 44.6 Å². The number of fused-ring (bicyclic) bond motifs is 1. The predicted molar refractivity (Wildman–Crippen MR) is 98.5 cm³/mol. The third-order valence-corrected chi connectivity index (χ3v) is 5.72. The number of carbonyl (C=O) groups is 2. The molecule has 0 aromatic carbocycles. The van der Waals surface area contributed by atoms with Crippen LogP contribution in [-0.4, -0.2) is 69.2 Å². The number of nitrogens with zero attached hydrogens (tertiary/aromatic N) is 4. The minimum atomic E-state index is -0.445.